The number of methoxy groups -OCH3 is 1. The molecule has 8 nitrogen and oxygen atoms in total. The maximum absolute atomic E-state index is 13.0. The second-order valence-electron chi connectivity index (χ2n) is 7.57. The molecule has 0 unspecified atom stereocenters. The van der Waals surface area contributed by atoms with E-state index in [4.69, 9.17) is 4.74 Å². The van der Waals surface area contributed by atoms with Gasteiger partial charge in [0, 0.05) is 36.7 Å². The van der Waals surface area contributed by atoms with Crippen molar-refractivity contribution in [2.45, 2.75) is 25.4 Å². The third kappa shape index (κ3) is 6.16. The molecule has 0 fully saturated rings. The van der Waals surface area contributed by atoms with Gasteiger partial charge >= 0.3 is 5.97 Å². The minimum Gasteiger partial charge on any atom is -0.469 e. The average molecular weight is 454 g/mol. The third-order valence-corrected chi connectivity index (χ3v) is 5.56. The Balaban J connectivity index is 1.81. The number of para-hydroxylation sites is 1. The summed E-state index contributed by atoms with van der Waals surface area (Å²) < 4.78 is 6.64. The molecule has 3 rings (SSSR count). The molecule has 2 heterocycles. The van der Waals surface area contributed by atoms with Gasteiger partial charge in [-0.15, -0.1) is 10.2 Å². The fourth-order valence-corrected chi connectivity index (χ4v) is 4.01. The molecule has 1 amide bonds. The number of aromatic nitrogens is 4. The molecule has 0 aliphatic carbocycles. The van der Waals surface area contributed by atoms with Gasteiger partial charge in [0.2, 0.25) is 5.91 Å². The van der Waals surface area contributed by atoms with Crippen LogP contribution >= 0.6 is 11.8 Å². The van der Waals surface area contributed by atoms with Gasteiger partial charge in [0.15, 0.2) is 11.0 Å². The summed E-state index contributed by atoms with van der Waals surface area (Å²) in [6.45, 7) is 4.98. The van der Waals surface area contributed by atoms with Crippen LogP contribution in [0.5, 0.6) is 0 Å². The molecular weight excluding hydrogens is 426 g/mol. The number of amides is 1. The van der Waals surface area contributed by atoms with Crippen LogP contribution in [-0.4, -0.2) is 62.5 Å². The molecule has 9 heteroatoms. The van der Waals surface area contributed by atoms with Gasteiger partial charge in [-0.3, -0.25) is 19.1 Å². The van der Waals surface area contributed by atoms with Crippen molar-refractivity contribution in [3.05, 3.63) is 54.9 Å². The first-order valence-corrected chi connectivity index (χ1v) is 11.4. The Kier molecular flexibility index (Phi) is 8.38. The van der Waals surface area contributed by atoms with Crippen LogP contribution in [0, 0.1) is 5.92 Å². The molecule has 0 spiro atoms. The van der Waals surface area contributed by atoms with Crippen LogP contribution in [0.4, 0.5) is 0 Å². The largest absolute Gasteiger partial charge is 0.469 e. The Hall–Kier alpha value is -3.20. The summed E-state index contributed by atoms with van der Waals surface area (Å²) in [7, 11) is 1.35. The molecule has 0 atom stereocenters. The number of carbonyl (C=O) groups excluding carboxylic acids is 2. The third-order valence-electron chi connectivity index (χ3n) is 4.64. The van der Waals surface area contributed by atoms with Crippen LogP contribution in [0.3, 0.4) is 0 Å². The minimum absolute atomic E-state index is 0.0573. The normalized spacial score (nSPS) is 10.9. The standard InChI is InChI=1S/C23H27N5O3S/c1-17(2)15-27(13-11-21(30)31-3)20(29)16-32-23-26-25-22(18-8-7-12-24-14-18)28(23)19-9-5-4-6-10-19/h4-10,12,14,17H,11,13,15-16H2,1-3H3. The van der Waals surface area contributed by atoms with Crippen LogP contribution in [0.25, 0.3) is 17.1 Å². The van der Waals surface area contributed by atoms with Crippen LogP contribution in [0.15, 0.2) is 60.0 Å². The zero-order valence-corrected chi connectivity index (χ0v) is 19.3. The van der Waals surface area contributed by atoms with Crippen molar-refractivity contribution in [3.8, 4) is 17.1 Å². The molecule has 32 heavy (non-hydrogen) atoms. The molecule has 0 saturated carbocycles. The summed E-state index contributed by atoms with van der Waals surface area (Å²) >= 11 is 1.32. The molecule has 0 saturated heterocycles. The number of hydrogen-bond acceptors (Lipinski definition) is 7. The van der Waals surface area contributed by atoms with Crippen molar-refractivity contribution in [1.82, 2.24) is 24.6 Å². The predicted molar refractivity (Wildman–Crippen MR) is 123 cm³/mol. The fourth-order valence-electron chi connectivity index (χ4n) is 3.16. The average Bonchev–Trinajstić information content (AvgIpc) is 3.24. The summed E-state index contributed by atoms with van der Waals surface area (Å²) in [4.78, 5) is 30.4. The van der Waals surface area contributed by atoms with Crippen LogP contribution in [0.1, 0.15) is 20.3 Å². The Morgan fingerprint density at radius 3 is 2.56 bits per heavy atom. The molecular formula is C23H27N5O3S. The SMILES string of the molecule is COC(=O)CCN(CC(C)C)C(=O)CSc1nnc(-c2cccnc2)n1-c1ccccc1. The molecule has 0 aliphatic heterocycles. The first-order chi connectivity index (χ1) is 15.5. The van der Waals surface area contributed by atoms with Gasteiger partial charge in [-0.25, -0.2) is 0 Å². The number of benzene rings is 1. The lowest BCUT2D eigenvalue weighted by Gasteiger charge is -2.24. The molecule has 0 aliphatic rings. The fraction of sp³-hybridized carbons (Fsp3) is 0.348. The molecule has 0 N–H and O–H groups in total. The second kappa shape index (κ2) is 11.4. The van der Waals surface area contributed by atoms with Crippen LogP contribution in [0.2, 0.25) is 0 Å². The lowest BCUT2D eigenvalue weighted by atomic mass is 10.2. The number of thioether (sulfide) groups is 1. The van der Waals surface area contributed by atoms with E-state index in [0.29, 0.717) is 24.1 Å². The molecule has 0 radical (unpaired) electrons. The highest BCUT2D eigenvalue weighted by Crippen LogP contribution is 2.27. The van der Waals surface area contributed by atoms with Crippen molar-refractivity contribution in [2.75, 3.05) is 26.0 Å². The monoisotopic (exact) mass is 453 g/mol. The number of esters is 1. The van der Waals surface area contributed by atoms with Crippen molar-refractivity contribution >= 4 is 23.6 Å². The highest BCUT2D eigenvalue weighted by atomic mass is 32.2. The van der Waals surface area contributed by atoms with Crippen molar-refractivity contribution in [2.24, 2.45) is 5.92 Å². The van der Waals surface area contributed by atoms with Crippen LogP contribution < -0.4 is 0 Å². The zero-order chi connectivity index (χ0) is 22.9. The van der Waals surface area contributed by atoms with E-state index >= 15 is 0 Å². The number of carbonyl (C=O) groups is 2. The molecule has 3 aromatic rings. The Morgan fingerprint density at radius 1 is 1.12 bits per heavy atom. The van der Waals surface area contributed by atoms with Gasteiger partial charge in [-0.05, 0) is 30.2 Å². The topological polar surface area (TPSA) is 90.2 Å². The van der Waals surface area contributed by atoms with Crippen molar-refractivity contribution < 1.29 is 14.3 Å². The van der Waals surface area contributed by atoms with E-state index < -0.39 is 0 Å². The van der Waals surface area contributed by atoms with E-state index in [1.165, 1.54) is 18.9 Å². The van der Waals surface area contributed by atoms with Gasteiger partial charge in [0.1, 0.15) is 0 Å². The smallest absolute Gasteiger partial charge is 0.307 e. The number of ether oxygens (including phenoxy) is 1. The maximum Gasteiger partial charge on any atom is 0.307 e. The molecule has 1 aromatic carbocycles. The molecule has 2 aromatic heterocycles. The van der Waals surface area contributed by atoms with Gasteiger partial charge in [-0.1, -0.05) is 43.8 Å². The lowest BCUT2D eigenvalue weighted by Crippen LogP contribution is -2.37. The highest BCUT2D eigenvalue weighted by Gasteiger charge is 2.20. The summed E-state index contributed by atoms with van der Waals surface area (Å²) in [6, 6.07) is 13.5. The van der Waals surface area contributed by atoms with Gasteiger partial charge < -0.3 is 9.64 Å². The van der Waals surface area contributed by atoms with Crippen LogP contribution in [-0.2, 0) is 14.3 Å². The summed E-state index contributed by atoms with van der Waals surface area (Å²) in [5, 5.41) is 9.33. The maximum atomic E-state index is 13.0. The first kappa shape index (κ1) is 23.5. The van der Waals surface area contributed by atoms with E-state index in [0.717, 1.165) is 11.3 Å². The predicted octanol–water partition coefficient (Wildman–Crippen LogP) is 3.47. The lowest BCUT2D eigenvalue weighted by molar-refractivity contribution is -0.141. The van der Waals surface area contributed by atoms with Crippen molar-refractivity contribution in [1.29, 1.82) is 0 Å². The summed E-state index contributed by atoms with van der Waals surface area (Å²) in [5.41, 5.74) is 1.73. The number of nitrogens with zero attached hydrogens (tertiary/aromatic N) is 5. The van der Waals surface area contributed by atoms with Gasteiger partial charge in [-0.2, -0.15) is 0 Å². The van der Waals surface area contributed by atoms with Crippen molar-refractivity contribution in [3.63, 3.8) is 0 Å². The highest BCUT2D eigenvalue weighted by molar-refractivity contribution is 7.99. The Morgan fingerprint density at radius 2 is 1.91 bits per heavy atom. The van der Waals surface area contributed by atoms with E-state index in [1.54, 1.807) is 17.3 Å². The van der Waals surface area contributed by atoms with E-state index in [9.17, 15) is 9.59 Å². The number of rotatable bonds is 10. The minimum atomic E-state index is -0.329. The Bertz CT molecular complexity index is 1020. The van der Waals surface area contributed by atoms with Gasteiger partial charge in [0.25, 0.3) is 0 Å². The Labute approximate surface area is 192 Å². The molecule has 168 valence electrons. The van der Waals surface area contributed by atoms with E-state index in [2.05, 4.69) is 15.2 Å². The quantitative estimate of drug-likeness (QED) is 0.343. The summed E-state index contributed by atoms with van der Waals surface area (Å²) in [6.07, 6.45) is 3.61. The summed E-state index contributed by atoms with van der Waals surface area (Å²) in [5.74, 6) is 0.740. The number of hydrogen-bond donors (Lipinski definition) is 0. The number of pyridine rings is 1. The van der Waals surface area contributed by atoms with E-state index in [1.807, 2.05) is 60.9 Å². The van der Waals surface area contributed by atoms with E-state index in [-0.39, 0.29) is 30.0 Å². The molecule has 0 bridgehead atoms. The zero-order valence-electron chi connectivity index (χ0n) is 18.5. The van der Waals surface area contributed by atoms with Gasteiger partial charge in [0.05, 0.1) is 19.3 Å². The second-order valence-corrected chi connectivity index (χ2v) is 8.51. The first-order valence-electron chi connectivity index (χ1n) is 10.4.